The molecule has 0 bridgehead atoms. The zero-order chi connectivity index (χ0) is 15.6. The summed E-state index contributed by atoms with van der Waals surface area (Å²) in [5.41, 5.74) is 1.97. The van der Waals surface area contributed by atoms with Crippen LogP contribution in [0.1, 0.15) is 30.0 Å². The molecule has 1 aromatic carbocycles. The number of rotatable bonds is 3. The molecule has 0 amide bonds. The average Bonchev–Trinajstić information content (AvgIpc) is 2.56. The van der Waals surface area contributed by atoms with Crippen molar-refractivity contribution in [3.05, 3.63) is 54.1 Å². The van der Waals surface area contributed by atoms with E-state index in [1.165, 1.54) is 6.33 Å². The quantitative estimate of drug-likeness (QED) is 0.872. The number of benzene rings is 1. The van der Waals surface area contributed by atoms with E-state index in [0.29, 0.717) is 18.0 Å². The molecule has 1 aliphatic heterocycles. The fourth-order valence-electron chi connectivity index (χ4n) is 2.80. The Morgan fingerprint density at radius 3 is 2.64 bits per heavy atom. The van der Waals surface area contributed by atoms with Crippen molar-refractivity contribution < 1.29 is 8.42 Å². The lowest BCUT2D eigenvalue weighted by molar-refractivity contribution is 0.312. The van der Waals surface area contributed by atoms with Crippen LogP contribution in [-0.2, 0) is 10.0 Å². The lowest BCUT2D eigenvalue weighted by Crippen LogP contribution is -2.39. The van der Waals surface area contributed by atoms with Gasteiger partial charge in [-0.1, -0.05) is 17.7 Å². The van der Waals surface area contributed by atoms with Gasteiger partial charge in [0, 0.05) is 30.9 Å². The smallest absolute Gasteiger partial charge is 0.243 e. The molecule has 1 fully saturated rings. The molecular formula is C16H19N3O2S. The molecule has 2 aromatic rings. The van der Waals surface area contributed by atoms with Gasteiger partial charge >= 0.3 is 0 Å². The van der Waals surface area contributed by atoms with Gasteiger partial charge < -0.3 is 0 Å². The number of piperidine rings is 1. The van der Waals surface area contributed by atoms with Gasteiger partial charge in [0.25, 0.3) is 0 Å². The van der Waals surface area contributed by atoms with Gasteiger partial charge in [0.05, 0.1) is 4.90 Å². The predicted octanol–water partition coefficient (Wildman–Crippen LogP) is 2.35. The molecule has 1 unspecified atom stereocenters. The summed E-state index contributed by atoms with van der Waals surface area (Å²) >= 11 is 0. The molecule has 22 heavy (non-hydrogen) atoms. The first-order valence-electron chi connectivity index (χ1n) is 7.40. The molecule has 0 saturated carbocycles. The van der Waals surface area contributed by atoms with E-state index in [1.807, 2.05) is 25.1 Å². The predicted molar refractivity (Wildman–Crippen MR) is 83.9 cm³/mol. The molecule has 0 radical (unpaired) electrons. The van der Waals surface area contributed by atoms with E-state index in [-0.39, 0.29) is 5.92 Å². The highest BCUT2D eigenvalue weighted by Gasteiger charge is 2.31. The third-order valence-corrected chi connectivity index (χ3v) is 5.95. The van der Waals surface area contributed by atoms with Gasteiger partial charge in [-0.3, -0.25) is 0 Å². The fourth-order valence-corrected chi connectivity index (χ4v) is 4.33. The Bertz CT molecular complexity index is 730. The van der Waals surface area contributed by atoms with Crippen LogP contribution in [-0.4, -0.2) is 35.8 Å². The zero-order valence-electron chi connectivity index (χ0n) is 12.5. The van der Waals surface area contributed by atoms with Crippen LogP contribution < -0.4 is 0 Å². The van der Waals surface area contributed by atoms with E-state index < -0.39 is 10.0 Å². The summed E-state index contributed by atoms with van der Waals surface area (Å²) in [6, 6.07) is 8.89. The number of aryl methyl sites for hydroxylation is 1. The van der Waals surface area contributed by atoms with Gasteiger partial charge in [-0.2, -0.15) is 4.31 Å². The summed E-state index contributed by atoms with van der Waals surface area (Å²) in [6.45, 7) is 2.99. The molecule has 116 valence electrons. The Labute approximate surface area is 131 Å². The van der Waals surface area contributed by atoms with Crippen molar-refractivity contribution in [1.82, 2.24) is 14.3 Å². The minimum absolute atomic E-state index is 0.136. The van der Waals surface area contributed by atoms with Gasteiger partial charge in [-0.05, 0) is 38.0 Å². The van der Waals surface area contributed by atoms with Crippen LogP contribution in [0.3, 0.4) is 0 Å². The van der Waals surface area contributed by atoms with E-state index in [0.717, 1.165) is 24.1 Å². The summed E-state index contributed by atoms with van der Waals surface area (Å²) in [5.74, 6) is 0.136. The van der Waals surface area contributed by atoms with Gasteiger partial charge in [-0.15, -0.1) is 0 Å². The number of hydrogen-bond acceptors (Lipinski definition) is 4. The van der Waals surface area contributed by atoms with Gasteiger partial charge in [-0.25, -0.2) is 18.4 Å². The molecule has 0 aliphatic carbocycles. The van der Waals surface area contributed by atoms with Crippen molar-refractivity contribution in [3.63, 3.8) is 0 Å². The molecule has 1 aromatic heterocycles. The molecule has 1 atom stereocenters. The van der Waals surface area contributed by atoms with E-state index in [2.05, 4.69) is 9.97 Å². The molecule has 6 heteroatoms. The summed E-state index contributed by atoms with van der Waals surface area (Å²) < 4.78 is 27.1. The second-order valence-corrected chi connectivity index (χ2v) is 7.59. The third-order valence-electron chi connectivity index (χ3n) is 4.07. The van der Waals surface area contributed by atoms with Gasteiger partial charge in [0.15, 0.2) is 0 Å². The van der Waals surface area contributed by atoms with Crippen molar-refractivity contribution in [3.8, 4) is 0 Å². The molecule has 2 heterocycles. The van der Waals surface area contributed by atoms with Crippen molar-refractivity contribution in [1.29, 1.82) is 0 Å². The second kappa shape index (κ2) is 6.14. The summed E-state index contributed by atoms with van der Waals surface area (Å²) in [5, 5.41) is 0. The fraction of sp³-hybridized carbons (Fsp3) is 0.375. The third kappa shape index (κ3) is 3.03. The van der Waals surface area contributed by atoms with Gasteiger partial charge in [0.2, 0.25) is 10.0 Å². The van der Waals surface area contributed by atoms with Crippen LogP contribution in [0.15, 0.2) is 47.8 Å². The standard InChI is InChI=1S/C16H19N3O2S/c1-13-4-6-15(7-5-13)22(20,21)19-10-2-3-14(11-19)16-8-9-17-12-18-16/h4-9,12,14H,2-3,10-11H2,1H3. The maximum atomic E-state index is 12.8. The normalized spacial score (nSPS) is 20.0. The SMILES string of the molecule is Cc1ccc(S(=O)(=O)N2CCCC(c3ccncn3)C2)cc1. The molecule has 1 saturated heterocycles. The molecule has 5 nitrogen and oxygen atoms in total. The highest BCUT2D eigenvalue weighted by atomic mass is 32.2. The van der Waals surface area contributed by atoms with Crippen molar-refractivity contribution >= 4 is 10.0 Å². The number of sulfonamides is 1. The Balaban J connectivity index is 1.83. The van der Waals surface area contributed by atoms with Crippen LogP contribution in [0.4, 0.5) is 0 Å². The highest BCUT2D eigenvalue weighted by Crippen LogP contribution is 2.29. The monoisotopic (exact) mass is 317 g/mol. The van der Waals surface area contributed by atoms with Crippen LogP contribution in [0.5, 0.6) is 0 Å². The molecule has 1 aliphatic rings. The maximum absolute atomic E-state index is 12.8. The molecule has 3 rings (SSSR count). The zero-order valence-corrected chi connectivity index (χ0v) is 13.3. The summed E-state index contributed by atoms with van der Waals surface area (Å²) in [7, 11) is -3.43. The number of nitrogens with zero attached hydrogens (tertiary/aromatic N) is 3. The number of aromatic nitrogens is 2. The van der Waals surface area contributed by atoms with Crippen LogP contribution in [0, 0.1) is 6.92 Å². The minimum Gasteiger partial charge on any atom is -0.245 e. The molecule has 0 spiro atoms. The first-order chi connectivity index (χ1) is 10.6. The van der Waals surface area contributed by atoms with Crippen molar-refractivity contribution in [2.24, 2.45) is 0 Å². The second-order valence-electron chi connectivity index (χ2n) is 5.65. The van der Waals surface area contributed by atoms with E-state index in [9.17, 15) is 8.42 Å². The summed E-state index contributed by atoms with van der Waals surface area (Å²) in [4.78, 5) is 8.55. The van der Waals surface area contributed by atoms with E-state index in [4.69, 9.17) is 0 Å². The van der Waals surface area contributed by atoms with Crippen molar-refractivity contribution in [2.75, 3.05) is 13.1 Å². The lowest BCUT2D eigenvalue weighted by Gasteiger charge is -2.31. The molecule has 0 N–H and O–H groups in total. The Morgan fingerprint density at radius 2 is 1.95 bits per heavy atom. The average molecular weight is 317 g/mol. The topological polar surface area (TPSA) is 63.2 Å². The van der Waals surface area contributed by atoms with Crippen LogP contribution >= 0.6 is 0 Å². The van der Waals surface area contributed by atoms with Crippen molar-refractivity contribution in [2.45, 2.75) is 30.6 Å². The minimum atomic E-state index is -3.43. The highest BCUT2D eigenvalue weighted by molar-refractivity contribution is 7.89. The van der Waals surface area contributed by atoms with E-state index >= 15 is 0 Å². The molecular weight excluding hydrogens is 298 g/mol. The van der Waals surface area contributed by atoms with Crippen LogP contribution in [0.2, 0.25) is 0 Å². The first-order valence-corrected chi connectivity index (χ1v) is 8.84. The lowest BCUT2D eigenvalue weighted by atomic mass is 9.96. The summed E-state index contributed by atoms with van der Waals surface area (Å²) in [6.07, 6.45) is 5.02. The first kappa shape index (κ1) is 15.1. The van der Waals surface area contributed by atoms with E-state index in [1.54, 1.807) is 22.6 Å². The largest absolute Gasteiger partial charge is 0.245 e. The van der Waals surface area contributed by atoms with Crippen LogP contribution in [0.25, 0.3) is 0 Å². The Kier molecular flexibility index (Phi) is 4.22. The van der Waals surface area contributed by atoms with Gasteiger partial charge in [0.1, 0.15) is 6.33 Å². The maximum Gasteiger partial charge on any atom is 0.243 e. The Morgan fingerprint density at radius 1 is 1.18 bits per heavy atom. The Hall–Kier alpha value is -1.79. The number of hydrogen-bond donors (Lipinski definition) is 0.